The average Bonchev–Trinajstić information content (AvgIpc) is 2.51. The molecule has 0 aromatic heterocycles. The van der Waals surface area contributed by atoms with Gasteiger partial charge < -0.3 is 20.1 Å². The van der Waals surface area contributed by atoms with Gasteiger partial charge in [0.05, 0.1) is 16.5 Å². The second-order valence-electron chi connectivity index (χ2n) is 6.92. The van der Waals surface area contributed by atoms with Gasteiger partial charge in [0.15, 0.2) is 0 Å². The van der Waals surface area contributed by atoms with Crippen LogP contribution in [0.25, 0.3) is 0 Å². The van der Waals surface area contributed by atoms with E-state index in [4.69, 9.17) is 4.74 Å². The highest BCUT2D eigenvalue weighted by molar-refractivity contribution is 6.60. The Kier molecular flexibility index (Phi) is 7.53. The topological polar surface area (TPSA) is 122 Å². The molecule has 9 heteroatoms. The van der Waals surface area contributed by atoms with Crippen molar-refractivity contribution < 1.29 is 24.5 Å². The Balaban J connectivity index is 2.74. The summed E-state index contributed by atoms with van der Waals surface area (Å²) in [5.74, 6) is -0.436. The molecule has 1 aromatic carbocycles. The minimum atomic E-state index is -2.03. The van der Waals surface area contributed by atoms with Crippen molar-refractivity contribution in [2.45, 2.75) is 40.2 Å². The van der Waals surface area contributed by atoms with Crippen LogP contribution < -0.4 is 10.8 Å². The number of nitro benzene ring substituents is 1. The van der Waals surface area contributed by atoms with E-state index >= 15 is 0 Å². The largest absolute Gasteiger partial charge is 0.495 e. The molecule has 1 rings (SSSR count). The van der Waals surface area contributed by atoms with Crippen molar-refractivity contribution in [1.82, 2.24) is 5.32 Å². The third-order valence-electron chi connectivity index (χ3n) is 3.72. The van der Waals surface area contributed by atoms with Gasteiger partial charge in [-0.1, -0.05) is 13.8 Å². The number of hydrogen-bond donors (Lipinski definition) is 3. The minimum absolute atomic E-state index is 0.128. The monoisotopic (exact) mass is 352 g/mol. The summed E-state index contributed by atoms with van der Waals surface area (Å²) in [6.45, 7) is 8.87. The number of nitrogens with zero attached hydrogens (tertiary/aromatic N) is 1. The number of nitrogens with one attached hydrogen (secondary N) is 1. The zero-order valence-electron chi connectivity index (χ0n) is 15.0. The standard InChI is InChI=1S/C16H25BN2O6/c1-11(2)25-8-7-16(3,4)10-18-15(20)12-5-6-14(19(23)24)13(9-12)17(21)22/h5-6,9,11,21-22H,7-8,10H2,1-4H3,(H,18,20). The van der Waals surface area contributed by atoms with Crippen LogP contribution >= 0.6 is 0 Å². The highest BCUT2D eigenvalue weighted by Crippen LogP contribution is 2.19. The summed E-state index contributed by atoms with van der Waals surface area (Å²) in [7, 11) is -2.03. The highest BCUT2D eigenvalue weighted by atomic mass is 16.6. The lowest BCUT2D eigenvalue weighted by Gasteiger charge is -2.25. The van der Waals surface area contributed by atoms with Crippen LogP contribution in [0.4, 0.5) is 5.69 Å². The SMILES string of the molecule is CC(C)OCCC(C)(C)CNC(=O)c1ccc([N+](=O)[O-])c(B(O)O)c1. The number of carbonyl (C=O) groups is 1. The minimum Gasteiger partial charge on any atom is -0.423 e. The van der Waals surface area contributed by atoms with Crippen molar-refractivity contribution in [3.05, 3.63) is 33.9 Å². The summed E-state index contributed by atoms with van der Waals surface area (Å²) < 4.78 is 5.51. The molecule has 0 fully saturated rings. The van der Waals surface area contributed by atoms with Crippen molar-refractivity contribution in [1.29, 1.82) is 0 Å². The van der Waals surface area contributed by atoms with Crippen LogP contribution in [0.5, 0.6) is 0 Å². The molecule has 0 saturated carbocycles. The van der Waals surface area contributed by atoms with E-state index in [0.717, 1.165) is 18.6 Å². The summed E-state index contributed by atoms with van der Waals surface area (Å²) in [6.07, 6.45) is 0.903. The smallest absolute Gasteiger partial charge is 0.423 e. The van der Waals surface area contributed by atoms with Crippen molar-refractivity contribution in [2.24, 2.45) is 5.41 Å². The molecule has 8 nitrogen and oxygen atoms in total. The normalized spacial score (nSPS) is 11.5. The molecule has 0 atom stereocenters. The Morgan fingerprint density at radius 1 is 1.40 bits per heavy atom. The predicted octanol–water partition coefficient (Wildman–Crippen LogP) is 0.846. The summed E-state index contributed by atoms with van der Waals surface area (Å²) in [6, 6.07) is 3.49. The zero-order valence-corrected chi connectivity index (χ0v) is 15.0. The molecular weight excluding hydrogens is 327 g/mol. The molecule has 0 saturated heterocycles. The maximum Gasteiger partial charge on any atom is 0.495 e. The van der Waals surface area contributed by atoms with Crippen molar-refractivity contribution in [3.8, 4) is 0 Å². The number of nitro groups is 1. The molecule has 0 aliphatic carbocycles. The first-order valence-electron chi connectivity index (χ1n) is 8.08. The van der Waals surface area contributed by atoms with Gasteiger partial charge in [0.1, 0.15) is 0 Å². The molecule has 0 aliphatic heterocycles. The summed E-state index contributed by atoms with van der Waals surface area (Å²) in [4.78, 5) is 22.4. The fourth-order valence-corrected chi connectivity index (χ4v) is 2.15. The first-order chi connectivity index (χ1) is 11.5. The van der Waals surface area contributed by atoms with Crippen LogP contribution in [0.15, 0.2) is 18.2 Å². The molecule has 138 valence electrons. The molecule has 0 bridgehead atoms. The van der Waals surface area contributed by atoms with Crippen molar-refractivity contribution >= 4 is 24.2 Å². The zero-order chi connectivity index (χ0) is 19.2. The van der Waals surface area contributed by atoms with E-state index in [0.29, 0.717) is 13.2 Å². The van der Waals surface area contributed by atoms with Gasteiger partial charge in [-0.25, -0.2) is 0 Å². The Morgan fingerprint density at radius 3 is 2.56 bits per heavy atom. The number of rotatable bonds is 9. The summed E-state index contributed by atoms with van der Waals surface area (Å²) in [5, 5.41) is 32.2. The highest BCUT2D eigenvalue weighted by Gasteiger charge is 2.26. The molecule has 1 aromatic rings. The van der Waals surface area contributed by atoms with Gasteiger partial charge in [0.2, 0.25) is 0 Å². The van der Waals surface area contributed by atoms with E-state index < -0.39 is 23.6 Å². The van der Waals surface area contributed by atoms with Crippen LogP contribution in [0, 0.1) is 15.5 Å². The van der Waals surface area contributed by atoms with Gasteiger partial charge in [-0.3, -0.25) is 14.9 Å². The molecule has 0 unspecified atom stereocenters. The van der Waals surface area contributed by atoms with Crippen LogP contribution in [-0.2, 0) is 4.74 Å². The number of ether oxygens (including phenoxy) is 1. The Bertz CT molecular complexity index is 619. The van der Waals surface area contributed by atoms with Crippen LogP contribution in [0.2, 0.25) is 0 Å². The van der Waals surface area contributed by atoms with E-state index in [2.05, 4.69) is 5.32 Å². The Labute approximate surface area is 147 Å². The molecule has 0 heterocycles. The van der Waals surface area contributed by atoms with Gasteiger partial charge in [-0.05, 0) is 37.8 Å². The van der Waals surface area contributed by atoms with E-state index in [9.17, 15) is 25.0 Å². The molecule has 0 radical (unpaired) electrons. The van der Waals surface area contributed by atoms with Gasteiger partial charge >= 0.3 is 7.12 Å². The van der Waals surface area contributed by atoms with Gasteiger partial charge in [0.25, 0.3) is 11.6 Å². The molecule has 0 aliphatic rings. The van der Waals surface area contributed by atoms with Gasteiger partial charge in [-0.2, -0.15) is 0 Å². The average molecular weight is 352 g/mol. The Morgan fingerprint density at radius 2 is 2.04 bits per heavy atom. The van der Waals surface area contributed by atoms with E-state index in [-0.39, 0.29) is 22.5 Å². The second kappa shape index (κ2) is 8.93. The van der Waals surface area contributed by atoms with E-state index in [1.54, 1.807) is 0 Å². The third kappa shape index (κ3) is 6.81. The molecule has 3 N–H and O–H groups in total. The Hall–Kier alpha value is -1.97. The number of benzene rings is 1. The first kappa shape index (κ1) is 21.1. The van der Waals surface area contributed by atoms with E-state index in [1.807, 2.05) is 27.7 Å². The van der Waals surface area contributed by atoms with Crippen LogP contribution in [-0.4, -0.2) is 47.3 Å². The maximum atomic E-state index is 12.3. The quantitative estimate of drug-likeness (QED) is 0.344. The van der Waals surface area contributed by atoms with Crippen LogP contribution in [0.1, 0.15) is 44.5 Å². The predicted molar refractivity (Wildman–Crippen MR) is 94.7 cm³/mol. The lowest BCUT2D eigenvalue weighted by atomic mass is 9.78. The lowest BCUT2D eigenvalue weighted by Crippen LogP contribution is -2.37. The van der Waals surface area contributed by atoms with Crippen molar-refractivity contribution in [3.63, 3.8) is 0 Å². The van der Waals surface area contributed by atoms with Crippen molar-refractivity contribution in [2.75, 3.05) is 13.2 Å². The summed E-state index contributed by atoms with van der Waals surface area (Å²) >= 11 is 0. The molecule has 1 amide bonds. The molecule has 25 heavy (non-hydrogen) atoms. The first-order valence-corrected chi connectivity index (χ1v) is 8.08. The number of hydrogen-bond acceptors (Lipinski definition) is 6. The van der Waals surface area contributed by atoms with Crippen LogP contribution in [0.3, 0.4) is 0 Å². The van der Waals surface area contributed by atoms with Gasteiger partial charge in [0, 0.05) is 24.8 Å². The molecule has 0 spiro atoms. The third-order valence-corrected chi connectivity index (χ3v) is 3.72. The number of amides is 1. The second-order valence-corrected chi connectivity index (χ2v) is 6.92. The number of carbonyl (C=O) groups excluding carboxylic acids is 1. The van der Waals surface area contributed by atoms with E-state index in [1.165, 1.54) is 6.07 Å². The maximum absolute atomic E-state index is 12.3. The lowest BCUT2D eigenvalue weighted by molar-refractivity contribution is -0.383. The molecular formula is C16H25BN2O6. The fraction of sp³-hybridized carbons (Fsp3) is 0.562. The summed E-state index contributed by atoms with van der Waals surface area (Å²) in [5.41, 5.74) is -0.826. The fourth-order valence-electron chi connectivity index (χ4n) is 2.15. The van der Waals surface area contributed by atoms with Gasteiger partial charge in [-0.15, -0.1) is 0 Å².